The van der Waals surface area contributed by atoms with E-state index in [1.807, 2.05) is 13.8 Å². The number of phenols is 1. The van der Waals surface area contributed by atoms with Crippen LogP contribution in [0.3, 0.4) is 0 Å². The van der Waals surface area contributed by atoms with Gasteiger partial charge in [0.05, 0.1) is 12.2 Å². The van der Waals surface area contributed by atoms with E-state index in [9.17, 15) is 9.90 Å². The summed E-state index contributed by atoms with van der Waals surface area (Å²) in [5.74, 6) is -0.382. The molecule has 0 radical (unpaired) electrons. The Bertz CT molecular complexity index is 574. The topological polar surface area (TPSA) is 74.2 Å². The number of unbranched alkanes of at least 4 members (excludes halogenated alkanes) is 7. The second kappa shape index (κ2) is 18.9. The van der Waals surface area contributed by atoms with Gasteiger partial charge in [-0.25, -0.2) is 4.79 Å². The number of aromatic hydroxyl groups is 1. The molecule has 0 aliphatic heterocycles. The molecule has 2 atom stereocenters. The van der Waals surface area contributed by atoms with Crippen LogP contribution in [0.1, 0.15) is 102 Å². The van der Waals surface area contributed by atoms with Gasteiger partial charge in [0.15, 0.2) is 6.29 Å². The SMILES string of the molecule is CCCCCCCCCCOCCCOC(CC)OC(CC)OC(=O)c1ccc(O)cc1. The van der Waals surface area contributed by atoms with Gasteiger partial charge in [0, 0.05) is 19.6 Å². The predicted octanol–water partition coefficient (Wildman–Crippen LogP) is 6.60. The maximum atomic E-state index is 12.2. The predicted molar refractivity (Wildman–Crippen MR) is 127 cm³/mol. The fourth-order valence-electron chi connectivity index (χ4n) is 3.23. The van der Waals surface area contributed by atoms with Crippen LogP contribution >= 0.6 is 0 Å². The fourth-order valence-corrected chi connectivity index (χ4v) is 3.23. The van der Waals surface area contributed by atoms with E-state index in [0.717, 1.165) is 19.4 Å². The minimum Gasteiger partial charge on any atom is -0.508 e. The molecule has 32 heavy (non-hydrogen) atoms. The molecule has 0 fully saturated rings. The van der Waals surface area contributed by atoms with Crippen molar-refractivity contribution in [3.63, 3.8) is 0 Å². The molecular weight excluding hydrogens is 408 g/mol. The first kappa shape index (κ1) is 28.4. The average Bonchev–Trinajstić information content (AvgIpc) is 2.80. The van der Waals surface area contributed by atoms with Crippen molar-refractivity contribution in [1.29, 1.82) is 0 Å². The Morgan fingerprint density at radius 2 is 1.38 bits per heavy atom. The van der Waals surface area contributed by atoms with Crippen LogP contribution in [0.4, 0.5) is 0 Å². The summed E-state index contributed by atoms with van der Waals surface area (Å²) >= 11 is 0. The Kier molecular flexibility index (Phi) is 16.8. The molecule has 1 rings (SSSR count). The summed E-state index contributed by atoms with van der Waals surface area (Å²) in [6.07, 6.45) is 11.3. The number of rotatable bonds is 20. The molecule has 0 aliphatic rings. The van der Waals surface area contributed by atoms with E-state index < -0.39 is 18.5 Å². The lowest BCUT2D eigenvalue weighted by Crippen LogP contribution is -2.28. The average molecular weight is 453 g/mol. The first-order valence-electron chi connectivity index (χ1n) is 12.4. The van der Waals surface area contributed by atoms with E-state index in [2.05, 4.69) is 6.92 Å². The van der Waals surface area contributed by atoms with Crippen molar-refractivity contribution in [2.75, 3.05) is 19.8 Å². The van der Waals surface area contributed by atoms with Gasteiger partial charge in [-0.3, -0.25) is 0 Å². The molecule has 1 aromatic rings. The van der Waals surface area contributed by atoms with E-state index in [0.29, 0.717) is 31.6 Å². The smallest absolute Gasteiger partial charge is 0.340 e. The molecule has 0 aliphatic carbocycles. The molecule has 0 amide bonds. The molecule has 0 aromatic heterocycles. The quantitative estimate of drug-likeness (QED) is 0.136. The molecule has 1 N–H and O–H groups in total. The minimum absolute atomic E-state index is 0.103. The number of hydrogen-bond donors (Lipinski definition) is 1. The molecule has 2 unspecified atom stereocenters. The normalized spacial score (nSPS) is 13.1. The van der Waals surface area contributed by atoms with Crippen LogP contribution in [0, 0.1) is 0 Å². The van der Waals surface area contributed by atoms with E-state index in [4.69, 9.17) is 18.9 Å². The van der Waals surface area contributed by atoms with E-state index in [-0.39, 0.29) is 5.75 Å². The van der Waals surface area contributed by atoms with Gasteiger partial charge in [-0.1, -0.05) is 65.7 Å². The Hall–Kier alpha value is -1.63. The fraction of sp³-hybridized carbons (Fsp3) is 0.731. The van der Waals surface area contributed by atoms with Crippen LogP contribution < -0.4 is 0 Å². The van der Waals surface area contributed by atoms with E-state index >= 15 is 0 Å². The summed E-state index contributed by atoms with van der Waals surface area (Å²) in [4.78, 5) is 12.2. The van der Waals surface area contributed by atoms with Crippen LogP contribution in [0.15, 0.2) is 24.3 Å². The van der Waals surface area contributed by atoms with Gasteiger partial charge < -0.3 is 24.1 Å². The minimum atomic E-state index is -0.681. The molecule has 1 aromatic carbocycles. The highest BCUT2D eigenvalue weighted by atomic mass is 16.8. The summed E-state index contributed by atoms with van der Waals surface area (Å²) in [5, 5.41) is 9.33. The number of esters is 1. The van der Waals surface area contributed by atoms with Gasteiger partial charge in [0.2, 0.25) is 6.29 Å². The third-order valence-electron chi connectivity index (χ3n) is 5.19. The van der Waals surface area contributed by atoms with Crippen LogP contribution in [0.2, 0.25) is 0 Å². The summed E-state index contributed by atoms with van der Waals surface area (Å²) in [6.45, 7) is 8.14. The molecule has 0 spiro atoms. The molecule has 6 heteroatoms. The highest BCUT2D eigenvalue weighted by Gasteiger charge is 2.19. The molecule has 0 bridgehead atoms. The van der Waals surface area contributed by atoms with Gasteiger partial charge >= 0.3 is 5.97 Å². The summed E-state index contributed by atoms with van der Waals surface area (Å²) in [6, 6.07) is 5.94. The highest BCUT2D eigenvalue weighted by Crippen LogP contribution is 2.15. The number of phenolic OH excluding ortho intramolecular Hbond substituents is 1. The number of carbonyl (C=O) groups is 1. The molecular formula is C26H44O6. The zero-order valence-corrected chi connectivity index (χ0v) is 20.4. The van der Waals surface area contributed by atoms with Gasteiger partial charge in [0.25, 0.3) is 0 Å². The van der Waals surface area contributed by atoms with Crippen molar-refractivity contribution in [3.8, 4) is 5.75 Å². The number of ether oxygens (including phenoxy) is 4. The van der Waals surface area contributed by atoms with Crippen LogP contribution in [0.5, 0.6) is 5.75 Å². The van der Waals surface area contributed by atoms with Gasteiger partial charge in [0.1, 0.15) is 5.75 Å². The lowest BCUT2D eigenvalue weighted by Gasteiger charge is -2.23. The van der Waals surface area contributed by atoms with Gasteiger partial charge in [-0.2, -0.15) is 0 Å². The maximum Gasteiger partial charge on any atom is 0.340 e. The summed E-state index contributed by atoms with van der Waals surface area (Å²) in [5.41, 5.74) is 0.368. The van der Waals surface area contributed by atoms with Gasteiger partial charge in [-0.15, -0.1) is 0 Å². The molecule has 0 heterocycles. The zero-order chi connectivity index (χ0) is 23.4. The van der Waals surface area contributed by atoms with Gasteiger partial charge in [-0.05, 0) is 43.5 Å². The van der Waals surface area contributed by atoms with E-state index in [1.165, 1.54) is 69.2 Å². The second-order valence-corrected chi connectivity index (χ2v) is 8.08. The molecule has 0 saturated heterocycles. The Morgan fingerprint density at radius 3 is 2.00 bits per heavy atom. The first-order valence-corrected chi connectivity index (χ1v) is 12.4. The largest absolute Gasteiger partial charge is 0.508 e. The van der Waals surface area contributed by atoms with Crippen LogP contribution in [-0.4, -0.2) is 43.5 Å². The van der Waals surface area contributed by atoms with Crippen molar-refractivity contribution < 1.29 is 28.8 Å². The van der Waals surface area contributed by atoms with Crippen molar-refractivity contribution in [1.82, 2.24) is 0 Å². The monoisotopic (exact) mass is 452 g/mol. The zero-order valence-electron chi connectivity index (χ0n) is 20.4. The highest BCUT2D eigenvalue weighted by molar-refractivity contribution is 5.89. The Labute approximate surface area is 194 Å². The molecule has 6 nitrogen and oxygen atoms in total. The standard InChI is InChI=1S/C26H44O6/c1-4-7-8-9-10-11-12-13-19-29-20-14-21-30-24(5-2)31-25(6-3)32-26(28)22-15-17-23(27)18-16-22/h15-18,24-25,27H,4-14,19-21H2,1-3H3. The Balaban J connectivity index is 2.10. The maximum absolute atomic E-state index is 12.2. The third-order valence-corrected chi connectivity index (χ3v) is 5.19. The summed E-state index contributed by atoms with van der Waals surface area (Å²) in [7, 11) is 0. The summed E-state index contributed by atoms with van der Waals surface area (Å²) < 4.78 is 22.7. The van der Waals surface area contributed by atoms with Crippen molar-refractivity contribution in [2.45, 2.75) is 104 Å². The second-order valence-electron chi connectivity index (χ2n) is 8.08. The van der Waals surface area contributed by atoms with Crippen molar-refractivity contribution in [3.05, 3.63) is 29.8 Å². The number of benzene rings is 1. The van der Waals surface area contributed by atoms with E-state index in [1.54, 1.807) is 0 Å². The first-order chi connectivity index (χ1) is 15.6. The molecule has 0 saturated carbocycles. The Morgan fingerprint density at radius 1 is 0.781 bits per heavy atom. The molecule has 184 valence electrons. The number of carbonyl (C=O) groups excluding carboxylic acids is 1. The van der Waals surface area contributed by atoms with Crippen LogP contribution in [0.25, 0.3) is 0 Å². The third kappa shape index (κ3) is 13.7. The lowest BCUT2D eigenvalue weighted by atomic mass is 10.1. The van der Waals surface area contributed by atoms with Crippen molar-refractivity contribution in [2.24, 2.45) is 0 Å². The lowest BCUT2D eigenvalue weighted by molar-refractivity contribution is -0.230. The van der Waals surface area contributed by atoms with Crippen molar-refractivity contribution >= 4 is 5.97 Å². The number of hydrogen-bond acceptors (Lipinski definition) is 6. The van der Waals surface area contributed by atoms with Crippen LogP contribution in [-0.2, 0) is 18.9 Å².